The highest BCUT2D eigenvalue weighted by atomic mass is 32.1. The lowest BCUT2D eigenvalue weighted by Gasteiger charge is -2.03. The molecule has 0 unspecified atom stereocenters. The lowest BCUT2D eigenvalue weighted by atomic mass is 10.1. The zero-order chi connectivity index (χ0) is 12.3. The minimum atomic E-state index is 0.363. The van der Waals surface area contributed by atoms with Gasteiger partial charge in [0.05, 0.1) is 18.9 Å². The second-order valence-corrected chi connectivity index (χ2v) is 4.09. The van der Waals surface area contributed by atoms with Crippen LogP contribution in [-0.2, 0) is 6.42 Å². The second kappa shape index (κ2) is 5.01. The summed E-state index contributed by atoms with van der Waals surface area (Å²) in [6.45, 7) is 0. The number of nitrogens with two attached hydrogens (primary N) is 1. The van der Waals surface area contributed by atoms with Crippen LogP contribution in [0.5, 0.6) is 5.75 Å². The van der Waals surface area contributed by atoms with Crippen LogP contribution < -0.4 is 10.5 Å². The number of hydrogen-bond donors (Lipinski definition) is 1. The average molecular weight is 247 g/mol. The fourth-order valence-electron chi connectivity index (χ4n) is 1.63. The van der Waals surface area contributed by atoms with Gasteiger partial charge >= 0.3 is 0 Å². The maximum absolute atomic E-state index is 5.61. The first kappa shape index (κ1) is 11.7. The van der Waals surface area contributed by atoms with E-state index >= 15 is 0 Å². The van der Waals surface area contributed by atoms with E-state index in [1.54, 1.807) is 19.4 Å². The summed E-state index contributed by atoms with van der Waals surface area (Å²) in [5.41, 5.74) is 7.53. The SMILES string of the molecule is COc1ccc(Cc2occc2C(N)=S)cc1. The number of thiocarbonyl (C=S) groups is 1. The molecule has 17 heavy (non-hydrogen) atoms. The zero-order valence-corrected chi connectivity index (χ0v) is 10.3. The van der Waals surface area contributed by atoms with E-state index in [2.05, 4.69) is 0 Å². The maximum atomic E-state index is 5.61. The predicted molar refractivity (Wildman–Crippen MR) is 70.4 cm³/mol. The Morgan fingerprint density at radius 3 is 2.59 bits per heavy atom. The zero-order valence-electron chi connectivity index (χ0n) is 9.47. The molecule has 0 amide bonds. The standard InChI is InChI=1S/C13H13NO2S/c1-15-10-4-2-9(3-5-10)8-12-11(13(14)17)6-7-16-12/h2-7H,8H2,1H3,(H2,14,17). The van der Waals surface area contributed by atoms with Crippen LogP contribution in [0.2, 0.25) is 0 Å². The van der Waals surface area contributed by atoms with E-state index in [4.69, 9.17) is 27.1 Å². The van der Waals surface area contributed by atoms with Crippen molar-refractivity contribution in [2.75, 3.05) is 7.11 Å². The first-order chi connectivity index (χ1) is 8.20. The quantitative estimate of drug-likeness (QED) is 0.843. The summed E-state index contributed by atoms with van der Waals surface area (Å²) in [5, 5.41) is 0. The van der Waals surface area contributed by atoms with Crippen LogP contribution in [0.3, 0.4) is 0 Å². The molecular weight excluding hydrogens is 234 g/mol. The summed E-state index contributed by atoms with van der Waals surface area (Å²) in [7, 11) is 1.65. The van der Waals surface area contributed by atoms with Crippen LogP contribution in [0, 0.1) is 0 Å². The minimum absolute atomic E-state index is 0.363. The molecular formula is C13H13NO2S. The monoisotopic (exact) mass is 247 g/mol. The van der Waals surface area contributed by atoms with Crippen LogP contribution in [0.25, 0.3) is 0 Å². The lowest BCUT2D eigenvalue weighted by molar-refractivity contribution is 0.414. The number of ether oxygens (including phenoxy) is 1. The van der Waals surface area contributed by atoms with E-state index in [1.165, 1.54) is 0 Å². The van der Waals surface area contributed by atoms with Gasteiger partial charge in [0.15, 0.2) is 0 Å². The van der Waals surface area contributed by atoms with Crippen molar-refractivity contribution in [3.63, 3.8) is 0 Å². The third-order valence-corrected chi connectivity index (χ3v) is 2.75. The van der Waals surface area contributed by atoms with E-state index in [0.29, 0.717) is 11.4 Å². The Balaban J connectivity index is 2.19. The fraction of sp³-hybridized carbons (Fsp3) is 0.154. The minimum Gasteiger partial charge on any atom is -0.497 e. The molecule has 0 saturated carbocycles. The molecule has 3 nitrogen and oxygen atoms in total. The third-order valence-electron chi connectivity index (χ3n) is 2.53. The van der Waals surface area contributed by atoms with E-state index in [-0.39, 0.29) is 0 Å². The maximum Gasteiger partial charge on any atom is 0.118 e. The van der Waals surface area contributed by atoms with Crippen LogP contribution >= 0.6 is 12.2 Å². The summed E-state index contributed by atoms with van der Waals surface area (Å²) in [6.07, 6.45) is 2.27. The van der Waals surface area contributed by atoms with Crippen LogP contribution in [0.15, 0.2) is 41.0 Å². The highest BCUT2D eigenvalue weighted by Gasteiger charge is 2.09. The van der Waals surface area contributed by atoms with E-state index in [0.717, 1.165) is 22.6 Å². The van der Waals surface area contributed by atoms with Crippen molar-refractivity contribution in [3.8, 4) is 5.75 Å². The number of rotatable bonds is 4. The second-order valence-electron chi connectivity index (χ2n) is 3.65. The summed E-state index contributed by atoms with van der Waals surface area (Å²) in [6, 6.07) is 9.61. The van der Waals surface area contributed by atoms with Crippen LogP contribution in [0.4, 0.5) is 0 Å². The Morgan fingerprint density at radius 1 is 1.29 bits per heavy atom. The van der Waals surface area contributed by atoms with Gasteiger partial charge in [-0.1, -0.05) is 24.4 Å². The first-order valence-electron chi connectivity index (χ1n) is 5.20. The Bertz CT molecular complexity index is 516. The van der Waals surface area contributed by atoms with Crippen molar-refractivity contribution >= 4 is 17.2 Å². The van der Waals surface area contributed by atoms with Gasteiger partial charge in [-0.2, -0.15) is 0 Å². The van der Waals surface area contributed by atoms with Gasteiger partial charge in [0, 0.05) is 6.42 Å². The third kappa shape index (κ3) is 2.65. The average Bonchev–Trinajstić information content (AvgIpc) is 2.78. The molecule has 0 saturated heterocycles. The van der Waals surface area contributed by atoms with Gasteiger partial charge in [-0.15, -0.1) is 0 Å². The van der Waals surface area contributed by atoms with Gasteiger partial charge in [0.1, 0.15) is 16.5 Å². The molecule has 1 aromatic carbocycles. The predicted octanol–water partition coefficient (Wildman–Crippen LogP) is 2.51. The van der Waals surface area contributed by atoms with Gasteiger partial charge in [-0.25, -0.2) is 0 Å². The number of benzene rings is 1. The molecule has 0 spiro atoms. The smallest absolute Gasteiger partial charge is 0.118 e. The van der Waals surface area contributed by atoms with Gasteiger partial charge in [0.2, 0.25) is 0 Å². The van der Waals surface area contributed by atoms with Crippen molar-refractivity contribution in [1.82, 2.24) is 0 Å². The molecule has 0 aliphatic heterocycles. The molecule has 0 aliphatic rings. The fourth-order valence-corrected chi connectivity index (χ4v) is 1.81. The van der Waals surface area contributed by atoms with Gasteiger partial charge < -0.3 is 14.9 Å². The summed E-state index contributed by atoms with van der Waals surface area (Å²) in [4.78, 5) is 0.363. The Morgan fingerprint density at radius 2 is 2.00 bits per heavy atom. The molecule has 88 valence electrons. The van der Waals surface area contributed by atoms with Crippen LogP contribution in [0.1, 0.15) is 16.9 Å². The molecule has 2 rings (SSSR count). The van der Waals surface area contributed by atoms with E-state index in [9.17, 15) is 0 Å². The highest BCUT2D eigenvalue weighted by molar-refractivity contribution is 7.80. The summed E-state index contributed by atoms with van der Waals surface area (Å²) < 4.78 is 10.5. The molecule has 2 aromatic rings. The van der Waals surface area contributed by atoms with E-state index in [1.807, 2.05) is 24.3 Å². The number of methoxy groups -OCH3 is 1. The first-order valence-corrected chi connectivity index (χ1v) is 5.60. The van der Waals surface area contributed by atoms with Crippen molar-refractivity contribution in [2.45, 2.75) is 6.42 Å². The molecule has 0 aliphatic carbocycles. The summed E-state index contributed by atoms with van der Waals surface area (Å²) in [5.74, 6) is 1.63. The largest absolute Gasteiger partial charge is 0.497 e. The molecule has 4 heteroatoms. The van der Waals surface area contributed by atoms with Gasteiger partial charge in [-0.05, 0) is 23.8 Å². The van der Waals surface area contributed by atoms with Gasteiger partial charge in [0.25, 0.3) is 0 Å². The van der Waals surface area contributed by atoms with Gasteiger partial charge in [-0.3, -0.25) is 0 Å². The van der Waals surface area contributed by atoms with E-state index < -0.39 is 0 Å². The van der Waals surface area contributed by atoms with Crippen molar-refractivity contribution in [2.24, 2.45) is 5.73 Å². The number of furan rings is 1. The van der Waals surface area contributed by atoms with Crippen molar-refractivity contribution in [1.29, 1.82) is 0 Å². The molecule has 0 bridgehead atoms. The molecule has 0 fully saturated rings. The Kier molecular flexibility index (Phi) is 3.44. The Labute approximate surface area is 105 Å². The Hall–Kier alpha value is -1.81. The number of hydrogen-bond acceptors (Lipinski definition) is 3. The molecule has 1 aromatic heterocycles. The summed E-state index contributed by atoms with van der Waals surface area (Å²) >= 11 is 4.96. The normalized spacial score (nSPS) is 10.2. The molecule has 0 atom stereocenters. The molecule has 2 N–H and O–H groups in total. The molecule has 0 radical (unpaired) electrons. The van der Waals surface area contributed by atoms with Crippen molar-refractivity contribution < 1.29 is 9.15 Å². The van der Waals surface area contributed by atoms with Crippen molar-refractivity contribution in [3.05, 3.63) is 53.5 Å². The lowest BCUT2D eigenvalue weighted by Crippen LogP contribution is -2.10. The topological polar surface area (TPSA) is 48.4 Å². The highest BCUT2D eigenvalue weighted by Crippen LogP contribution is 2.18. The van der Waals surface area contributed by atoms with Crippen LogP contribution in [-0.4, -0.2) is 12.1 Å². The molecule has 1 heterocycles.